The lowest BCUT2D eigenvalue weighted by molar-refractivity contribution is -0.122. The Morgan fingerprint density at radius 2 is 2.00 bits per heavy atom. The van der Waals surface area contributed by atoms with Gasteiger partial charge in [0.25, 0.3) is 0 Å². The van der Waals surface area contributed by atoms with Crippen molar-refractivity contribution < 1.29 is 4.79 Å². The van der Waals surface area contributed by atoms with Gasteiger partial charge in [0, 0.05) is 12.3 Å². The zero-order valence-corrected chi connectivity index (χ0v) is 7.01. The molecule has 2 nitrogen and oxygen atoms in total. The van der Waals surface area contributed by atoms with Gasteiger partial charge in [0.2, 0.25) is 0 Å². The third kappa shape index (κ3) is 2.62. The van der Waals surface area contributed by atoms with E-state index in [0.717, 1.165) is 19.3 Å². The second-order valence-corrected chi connectivity index (χ2v) is 3.34. The average Bonchev–Trinajstić information content (AvgIpc) is 2.52. The summed E-state index contributed by atoms with van der Waals surface area (Å²) in [7, 11) is 0. The van der Waals surface area contributed by atoms with Crippen molar-refractivity contribution in [2.24, 2.45) is 11.7 Å². The van der Waals surface area contributed by atoms with Gasteiger partial charge in [0.05, 0.1) is 0 Å². The minimum atomic E-state index is 0.390. The standard InChI is InChI=1S/C9H17NO/c10-7-3-6-9(11)8-4-1-2-5-8/h8H,1-7,10H2. The molecule has 1 saturated carbocycles. The van der Waals surface area contributed by atoms with Crippen LogP contribution < -0.4 is 5.73 Å². The van der Waals surface area contributed by atoms with E-state index in [2.05, 4.69) is 0 Å². The minimum absolute atomic E-state index is 0.390. The zero-order valence-electron chi connectivity index (χ0n) is 7.01. The van der Waals surface area contributed by atoms with Crippen LogP contribution in [-0.4, -0.2) is 12.3 Å². The van der Waals surface area contributed by atoms with E-state index in [1.165, 1.54) is 12.8 Å². The van der Waals surface area contributed by atoms with E-state index in [1.807, 2.05) is 0 Å². The van der Waals surface area contributed by atoms with Crippen molar-refractivity contribution in [3.8, 4) is 0 Å². The molecule has 2 N–H and O–H groups in total. The Bertz CT molecular complexity index is 128. The largest absolute Gasteiger partial charge is 0.330 e. The second kappa shape index (κ2) is 4.50. The highest BCUT2D eigenvalue weighted by atomic mass is 16.1. The smallest absolute Gasteiger partial charge is 0.136 e. The Morgan fingerprint density at radius 3 is 2.55 bits per heavy atom. The van der Waals surface area contributed by atoms with Crippen molar-refractivity contribution in [1.82, 2.24) is 0 Å². The summed E-state index contributed by atoms with van der Waals surface area (Å²) in [6, 6.07) is 0. The summed E-state index contributed by atoms with van der Waals surface area (Å²) in [4.78, 5) is 11.3. The Kier molecular flexibility index (Phi) is 3.57. The predicted molar refractivity (Wildman–Crippen MR) is 45.3 cm³/mol. The number of hydrogen-bond acceptors (Lipinski definition) is 2. The number of rotatable bonds is 4. The molecule has 0 bridgehead atoms. The molecule has 0 radical (unpaired) electrons. The lowest BCUT2D eigenvalue weighted by Gasteiger charge is -2.05. The highest BCUT2D eigenvalue weighted by Gasteiger charge is 2.21. The molecule has 1 aliphatic carbocycles. The zero-order chi connectivity index (χ0) is 8.10. The van der Waals surface area contributed by atoms with Gasteiger partial charge in [-0.1, -0.05) is 12.8 Å². The van der Waals surface area contributed by atoms with Gasteiger partial charge in [-0.3, -0.25) is 4.79 Å². The number of carbonyl (C=O) groups excluding carboxylic acids is 1. The van der Waals surface area contributed by atoms with Gasteiger partial charge in [0.15, 0.2) is 0 Å². The fraction of sp³-hybridized carbons (Fsp3) is 0.889. The Balaban J connectivity index is 2.17. The Morgan fingerprint density at radius 1 is 1.36 bits per heavy atom. The summed E-state index contributed by atoms with van der Waals surface area (Å²) in [6.45, 7) is 0.651. The third-order valence-corrected chi connectivity index (χ3v) is 2.44. The van der Waals surface area contributed by atoms with Crippen molar-refractivity contribution in [3.63, 3.8) is 0 Å². The van der Waals surface area contributed by atoms with Crippen LogP contribution in [0.1, 0.15) is 38.5 Å². The molecule has 0 aromatic heterocycles. The molecular formula is C9H17NO. The van der Waals surface area contributed by atoms with Gasteiger partial charge in [-0.15, -0.1) is 0 Å². The van der Waals surface area contributed by atoms with Crippen molar-refractivity contribution >= 4 is 5.78 Å². The van der Waals surface area contributed by atoms with Crippen LogP contribution >= 0.6 is 0 Å². The topological polar surface area (TPSA) is 43.1 Å². The van der Waals surface area contributed by atoms with Gasteiger partial charge >= 0.3 is 0 Å². The lowest BCUT2D eigenvalue weighted by atomic mass is 9.99. The molecule has 0 aliphatic heterocycles. The SMILES string of the molecule is NCCCC(=O)C1CCCC1. The van der Waals surface area contributed by atoms with Gasteiger partial charge in [-0.25, -0.2) is 0 Å². The van der Waals surface area contributed by atoms with E-state index in [9.17, 15) is 4.79 Å². The van der Waals surface area contributed by atoms with Crippen molar-refractivity contribution in [2.45, 2.75) is 38.5 Å². The van der Waals surface area contributed by atoms with E-state index in [0.29, 0.717) is 24.7 Å². The molecule has 0 heterocycles. The molecular weight excluding hydrogens is 138 g/mol. The van der Waals surface area contributed by atoms with Crippen LogP contribution in [0, 0.1) is 5.92 Å². The van der Waals surface area contributed by atoms with Crippen molar-refractivity contribution in [3.05, 3.63) is 0 Å². The third-order valence-electron chi connectivity index (χ3n) is 2.44. The summed E-state index contributed by atoms with van der Waals surface area (Å²) in [5.41, 5.74) is 5.32. The summed E-state index contributed by atoms with van der Waals surface area (Å²) in [6.07, 6.45) is 6.33. The van der Waals surface area contributed by atoms with Crippen LogP contribution in [0.2, 0.25) is 0 Å². The van der Waals surface area contributed by atoms with E-state index in [1.54, 1.807) is 0 Å². The van der Waals surface area contributed by atoms with Gasteiger partial charge in [-0.05, 0) is 25.8 Å². The molecule has 0 atom stereocenters. The first-order valence-electron chi connectivity index (χ1n) is 4.57. The lowest BCUT2D eigenvalue weighted by Crippen LogP contribution is -2.12. The molecule has 2 heteroatoms. The molecule has 11 heavy (non-hydrogen) atoms. The van der Waals surface area contributed by atoms with Gasteiger partial charge in [0.1, 0.15) is 5.78 Å². The number of Topliss-reactive ketones (excluding diaryl/α,β-unsaturated/α-hetero) is 1. The fourth-order valence-electron chi connectivity index (χ4n) is 1.73. The van der Waals surface area contributed by atoms with Crippen LogP contribution in [0.5, 0.6) is 0 Å². The Hall–Kier alpha value is -0.370. The fourth-order valence-corrected chi connectivity index (χ4v) is 1.73. The molecule has 0 aromatic carbocycles. The molecule has 0 saturated heterocycles. The monoisotopic (exact) mass is 155 g/mol. The maximum absolute atomic E-state index is 11.3. The predicted octanol–water partition coefficient (Wildman–Crippen LogP) is 1.48. The molecule has 64 valence electrons. The van der Waals surface area contributed by atoms with E-state index in [-0.39, 0.29) is 0 Å². The number of nitrogens with two attached hydrogens (primary N) is 1. The Labute approximate surface area is 68.2 Å². The van der Waals surface area contributed by atoms with Crippen LogP contribution in [0.25, 0.3) is 0 Å². The first-order chi connectivity index (χ1) is 5.34. The highest BCUT2D eigenvalue weighted by Crippen LogP contribution is 2.26. The first kappa shape index (κ1) is 8.72. The maximum Gasteiger partial charge on any atom is 0.136 e. The normalized spacial score (nSPS) is 19.0. The summed E-state index contributed by atoms with van der Waals surface area (Å²) in [5.74, 6) is 0.842. The summed E-state index contributed by atoms with van der Waals surface area (Å²) < 4.78 is 0. The molecule has 1 rings (SSSR count). The van der Waals surface area contributed by atoms with Crippen molar-refractivity contribution in [2.75, 3.05) is 6.54 Å². The van der Waals surface area contributed by atoms with E-state index >= 15 is 0 Å². The molecule has 1 aliphatic rings. The summed E-state index contributed by atoms with van der Waals surface area (Å²) >= 11 is 0. The summed E-state index contributed by atoms with van der Waals surface area (Å²) in [5, 5.41) is 0. The van der Waals surface area contributed by atoms with Crippen LogP contribution in [-0.2, 0) is 4.79 Å². The average molecular weight is 155 g/mol. The molecule has 0 aromatic rings. The highest BCUT2D eigenvalue weighted by molar-refractivity contribution is 5.81. The quantitative estimate of drug-likeness (QED) is 0.668. The molecule has 0 amide bonds. The molecule has 0 unspecified atom stereocenters. The minimum Gasteiger partial charge on any atom is -0.330 e. The van der Waals surface area contributed by atoms with Crippen LogP contribution in [0.3, 0.4) is 0 Å². The molecule has 0 spiro atoms. The molecule has 1 fully saturated rings. The van der Waals surface area contributed by atoms with E-state index < -0.39 is 0 Å². The first-order valence-corrected chi connectivity index (χ1v) is 4.57. The number of ketones is 1. The van der Waals surface area contributed by atoms with E-state index in [4.69, 9.17) is 5.73 Å². The number of hydrogen-bond donors (Lipinski definition) is 1. The van der Waals surface area contributed by atoms with Crippen molar-refractivity contribution in [1.29, 1.82) is 0 Å². The van der Waals surface area contributed by atoms with Gasteiger partial charge in [-0.2, -0.15) is 0 Å². The number of carbonyl (C=O) groups is 1. The maximum atomic E-state index is 11.3. The van der Waals surface area contributed by atoms with Crippen LogP contribution in [0.15, 0.2) is 0 Å². The van der Waals surface area contributed by atoms with Gasteiger partial charge < -0.3 is 5.73 Å². The second-order valence-electron chi connectivity index (χ2n) is 3.34. The van der Waals surface area contributed by atoms with Crippen LogP contribution in [0.4, 0.5) is 0 Å².